The van der Waals surface area contributed by atoms with Crippen molar-refractivity contribution in [1.29, 1.82) is 0 Å². The minimum absolute atomic E-state index is 0.0758. The van der Waals surface area contributed by atoms with Crippen LogP contribution in [0, 0.1) is 0 Å². The first-order valence-corrected chi connectivity index (χ1v) is 8.89. The topological polar surface area (TPSA) is 110 Å². The number of aryl methyl sites for hydroxylation is 1. The van der Waals surface area contributed by atoms with Crippen LogP contribution in [0.1, 0.15) is 22.2 Å². The molecule has 9 nitrogen and oxygen atoms in total. The summed E-state index contributed by atoms with van der Waals surface area (Å²) in [5.74, 6) is -0.270. The van der Waals surface area contributed by atoms with E-state index in [9.17, 15) is 13.2 Å². The number of rotatable bonds is 3. The monoisotopic (exact) mass is 339 g/mol. The third kappa shape index (κ3) is 2.99. The molecule has 0 aliphatic carbocycles. The second-order valence-electron chi connectivity index (χ2n) is 5.38. The number of ether oxygens (including phenoxy) is 1. The summed E-state index contributed by atoms with van der Waals surface area (Å²) in [6.07, 6.45) is 4.04. The largest absolute Gasteiger partial charge is 0.377 e. The molecule has 0 radical (unpaired) electrons. The van der Waals surface area contributed by atoms with Gasteiger partial charge in [0.25, 0.3) is 5.91 Å². The molecule has 3 heterocycles. The van der Waals surface area contributed by atoms with Gasteiger partial charge in [0.2, 0.25) is 0 Å². The van der Waals surface area contributed by atoms with Gasteiger partial charge in [-0.1, -0.05) is 0 Å². The third-order valence-corrected chi connectivity index (χ3v) is 4.81. The molecule has 1 fully saturated rings. The number of aromatic amines is 1. The van der Waals surface area contributed by atoms with Gasteiger partial charge >= 0.3 is 0 Å². The fourth-order valence-electron chi connectivity index (χ4n) is 2.58. The van der Waals surface area contributed by atoms with Crippen LogP contribution in [0.25, 0.3) is 0 Å². The predicted octanol–water partition coefficient (Wildman–Crippen LogP) is -0.240. The first-order valence-electron chi connectivity index (χ1n) is 6.99. The Balaban J connectivity index is 1.97. The van der Waals surface area contributed by atoms with E-state index < -0.39 is 15.9 Å². The third-order valence-electron chi connectivity index (χ3n) is 3.69. The number of hydrogen-bond donors (Lipinski definition) is 1. The first-order chi connectivity index (χ1) is 10.9. The highest BCUT2D eigenvalue weighted by Gasteiger charge is 2.34. The number of carbonyl (C=O) groups excluding carboxylic acids is 1. The Morgan fingerprint density at radius 2 is 2.26 bits per heavy atom. The summed E-state index contributed by atoms with van der Waals surface area (Å²) < 4.78 is 30.8. The molecule has 0 spiro atoms. The van der Waals surface area contributed by atoms with E-state index >= 15 is 0 Å². The number of amides is 1. The summed E-state index contributed by atoms with van der Waals surface area (Å²) >= 11 is 0. The molecule has 1 amide bonds. The summed E-state index contributed by atoms with van der Waals surface area (Å²) in [6.45, 7) is 0.934. The smallest absolute Gasteiger partial charge is 0.275 e. The van der Waals surface area contributed by atoms with Gasteiger partial charge in [-0.2, -0.15) is 10.2 Å². The van der Waals surface area contributed by atoms with Crippen LogP contribution in [0.2, 0.25) is 0 Å². The molecule has 10 heteroatoms. The summed E-state index contributed by atoms with van der Waals surface area (Å²) in [6, 6.07) is 1.07. The van der Waals surface area contributed by atoms with E-state index in [1.165, 1.54) is 6.20 Å². The number of carbonyl (C=O) groups is 1. The molecular formula is C13H17N5O4S. The number of nitrogens with zero attached hydrogens (tertiary/aromatic N) is 4. The fourth-order valence-corrected chi connectivity index (χ4v) is 3.41. The number of hydrogen-bond acceptors (Lipinski definition) is 6. The standard InChI is InChI=1S/C13H17N5O4S/c1-17-4-3-9(16-17)13(19)18-5-6-22-8-10(18)12-11(7-14-15-12)23(2,20)21/h3-4,7,10H,5-6,8H2,1-2H3,(H,14,15). The zero-order valence-corrected chi connectivity index (χ0v) is 13.6. The van der Waals surface area contributed by atoms with Crippen molar-refractivity contribution >= 4 is 15.7 Å². The van der Waals surface area contributed by atoms with Crippen molar-refractivity contribution in [2.75, 3.05) is 26.0 Å². The van der Waals surface area contributed by atoms with Crippen LogP contribution in [0.5, 0.6) is 0 Å². The van der Waals surface area contributed by atoms with Gasteiger partial charge in [-0.25, -0.2) is 8.42 Å². The van der Waals surface area contributed by atoms with Gasteiger partial charge in [-0.05, 0) is 6.07 Å². The van der Waals surface area contributed by atoms with E-state index in [4.69, 9.17) is 4.74 Å². The van der Waals surface area contributed by atoms with Gasteiger partial charge in [0.1, 0.15) is 10.6 Å². The second kappa shape index (κ2) is 5.78. The normalized spacial score (nSPS) is 19.0. The number of H-pyrrole nitrogens is 1. The summed E-state index contributed by atoms with van der Waals surface area (Å²) in [5, 5.41) is 10.6. The molecule has 0 aromatic carbocycles. The van der Waals surface area contributed by atoms with Crippen molar-refractivity contribution in [2.24, 2.45) is 7.05 Å². The SMILES string of the molecule is Cn1ccc(C(=O)N2CCOCC2c2[nH]ncc2S(C)(=O)=O)n1. The quantitative estimate of drug-likeness (QED) is 0.826. The van der Waals surface area contributed by atoms with Gasteiger partial charge < -0.3 is 9.64 Å². The predicted molar refractivity (Wildman–Crippen MR) is 79.5 cm³/mol. The molecule has 0 saturated carbocycles. The average Bonchev–Trinajstić information content (AvgIpc) is 3.14. The Hall–Kier alpha value is -2.20. The highest BCUT2D eigenvalue weighted by atomic mass is 32.2. The molecule has 3 rings (SSSR count). The minimum atomic E-state index is -3.46. The lowest BCUT2D eigenvalue weighted by Gasteiger charge is -2.34. The Labute approximate surface area is 133 Å². The number of morpholine rings is 1. The van der Waals surface area contributed by atoms with Crippen LogP contribution in [0.3, 0.4) is 0 Å². The molecule has 2 aromatic rings. The Bertz CT molecular complexity index is 825. The van der Waals surface area contributed by atoms with Crippen molar-refractivity contribution < 1.29 is 17.9 Å². The molecule has 1 atom stereocenters. The maximum atomic E-state index is 12.7. The number of sulfone groups is 1. The van der Waals surface area contributed by atoms with Gasteiger partial charge in [0, 0.05) is 26.0 Å². The molecule has 23 heavy (non-hydrogen) atoms. The summed E-state index contributed by atoms with van der Waals surface area (Å²) in [5.41, 5.74) is 0.663. The molecule has 1 N–H and O–H groups in total. The van der Waals surface area contributed by atoms with E-state index in [1.807, 2.05) is 0 Å². The summed E-state index contributed by atoms with van der Waals surface area (Å²) in [7, 11) is -1.73. The van der Waals surface area contributed by atoms with Crippen LogP contribution in [0.15, 0.2) is 23.4 Å². The van der Waals surface area contributed by atoms with Crippen LogP contribution >= 0.6 is 0 Å². The minimum Gasteiger partial charge on any atom is -0.377 e. The van der Waals surface area contributed by atoms with Gasteiger partial charge in [0.05, 0.1) is 31.1 Å². The van der Waals surface area contributed by atoms with Gasteiger partial charge in [-0.15, -0.1) is 0 Å². The maximum Gasteiger partial charge on any atom is 0.275 e. The van der Waals surface area contributed by atoms with Crippen LogP contribution in [-0.4, -0.2) is 65.2 Å². The van der Waals surface area contributed by atoms with E-state index in [1.54, 1.807) is 28.9 Å². The Morgan fingerprint density at radius 1 is 1.48 bits per heavy atom. The molecular weight excluding hydrogens is 322 g/mol. The van der Waals surface area contributed by atoms with Crippen molar-refractivity contribution in [3.63, 3.8) is 0 Å². The Morgan fingerprint density at radius 3 is 2.91 bits per heavy atom. The van der Waals surface area contributed by atoms with Crippen molar-refractivity contribution in [2.45, 2.75) is 10.9 Å². The first kappa shape index (κ1) is 15.7. The van der Waals surface area contributed by atoms with Crippen LogP contribution in [0.4, 0.5) is 0 Å². The molecule has 1 aliphatic rings. The lowest BCUT2D eigenvalue weighted by molar-refractivity contribution is -0.00502. The lowest BCUT2D eigenvalue weighted by Crippen LogP contribution is -2.44. The fraction of sp³-hybridized carbons (Fsp3) is 0.462. The van der Waals surface area contributed by atoms with Crippen LogP contribution in [-0.2, 0) is 21.6 Å². The Kier molecular flexibility index (Phi) is 3.94. The number of nitrogens with one attached hydrogen (secondary N) is 1. The van der Waals surface area contributed by atoms with Gasteiger partial charge in [-0.3, -0.25) is 14.6 Å². The summed E-state index contributed by atoms with van der Waals surface area (Å²) in [4.78, 5) is 14.3. The highest BCUT2D eigenvalue weighted by Crippen LogP contribution is 2.28. The lowest BCUT2D eigenvalue weighted by atomic mass is 10.1. The van der Waals surface area contributed by atoms with Crippen molar-refractivity contribution in [3.8, 4) is 0 Å². The zero-order chi connectivity index (χ0) is 16.6. The average molecular weight is 339 g/mol. The van der Waals surface area contributed by atoms with E-state index in [0.29, 0.717) is 24.5 Å². The van der Waals surface area contributed by atoms with Crippen molar-refractivity contribution in [3.05, 3.63) is 29.8 Å². The molecule has 124 valence electrons. The van der Waals surface area contributed by atoms with E-state index in [-0.39, 0.29) is 17.4 Å². The second-order valence-corrected chi connectivity index (χ2v) is 7.37. The van der Waals surface area contributed by atoms with Gasteiger partial charge in [0.15, 0.2) is 9.84 Å². The highest BCUT2D eigenvalue weighted by molar-refractivity contribution is 7.90. The zero-order valence-electron chi connectivity index (χ0n) is 12.8. The van der Waals surface area contributed by atoms with E-state index in [0.717, 1.165) is 6.26 Å². The molecule has 1 aliphatic heterocycles. The molecule has 0 bridgehead atoms. The number of aromatic nitrogens is 4. The molecule has 2 aromatic heterocycles. The maximum absolute atomic E-state index is 12.7. The van der Waals surface area contributed by atoms with Crippen molar-refractivity contribution in [1.82, 2.24) is 24.9 Å². The molecule has 1 saturated heterocycles. The molecule has 1 unspecified atom stereocenters. The van der Waals surface area contributed by atoms with Crippen LogP contribution < -0.4 is 0 Å². The van der Waals surface area contributed by atoms with E-state index in [2.05, 4.69) is 15.3 Å².